The first-order chi connectivity index (χ1) is 7.20. The first-order valence-corrected chi connectivity index (χ1v) is 6.41. The predicted octanol–water partition coefficient (Wildman–Crippen LogP) is 3.00. The number of rotatable bonds is 3. The van der Waals surface area contributed by atoms with E-state index in [0.29, 0.717) is 5.69 Å². The normalized spacial score (nSPS) is 10.5. The number of carbonyl (C=O) groups is 1. The average Bonchev–Trinajstić information content (AvgIpc) is 2.84. The van der Waals surface area contributed by atoms with Crippen molar-refractivity contribution in [2.45, 2.75) is 6.92 Å². The topological polar surface area (TPSA) is 42.9 Å². The lowest BCUT2D eigenvalue weighted by Crippen LogP contribution is -1.99. The van der Waals surface area contributed by atoms with Gasteiger partial charge in [0.25, 0.3) is 0 Å². The Labute approximate surface area is 99.8 Å². The lowest BCUT2D eigenvalue weighted by atomic mass is 10.3. The number of aromatic nitrogens is 2. The van der Waals surface area contributed by atoms with Gasteiger partial charge in [-0.1, -0.05) is 0 Å². The third-order valence-corrected chi connectivity index (χ3v) is 3.86. The average molecular weight is 259 g/mol. The first-order valence-electron chi connectivity index (χ1n) is 4.18. The van der Waals surface area contributed by atoms with Gasteiger partial charge in [0.1, 0.15) is 5.69 Å². The molecule has 0 atom stereocenters. The summed E-state index contributed by atoms with van der Waals surface area (Å²) < 4.78 is 0. The maximum atomic E-state index is 11.3. The molecule has 0 aliphatic carbocycles. The molecule has 6 heteroatoms. The molecule has 0 saturated carbocycles. The number of halogens is 1. The van der Waals surface area contributed by atoms with E-state index < -0.39 is 0 Å². The Hall–Kier alpha value is -0.780. The van der Waals surface area contributed by atoms with Gasteiger partial charge >= 0.3 is 0 Å². The van der Waals surface area contributed by atoms with Crippen LogP contribution in [-0.4, -0.2) is 21.6 Å². The third-order valence-electron chi connectivity index (χ3n) is 1.72. The van der Waals surface area contributed by atoms with Crippen LogP contribution in [0.25, 0.3) is 10.0 Å². The minimum atomic E-state index is -0.146. The number of nitrogens with zero attached hydrogens (tertiary/aromatic N) is 2. The summed E-state index contributed by atoms with van der Waals surface area (Å²) in [6.45, 7) is 1.99. The summed E-state index contributed by atoms with van der Waals surface area (Å²) in [4.78, 5) is 20.8. The Morgan fingerprint density at radius 2 is 2.33 bits per heavy atom. The number of hydrogen-bond acceptors (Lipinski definition) is 5. The first kappa shape index (κ1) is 10.7. The molecular formula is C9H7ClN2OS2. The van der Waals surface area contributed by atoms with E-state index in [-0.39, 0.29) is 11.7 Å². The zero-order chi connectivity index (χ0) is 10.8. The van der Waals surface area contributed by atoms with Crippen molar-refractivity contribution in [3.8, 4) is 10.0 Å². The van der Waals surface area contributed by atoms with Gasteiger partial charge in [0, 0.05) is 16.5 Å². The van der Waals surface area contributed by atoms with Crippen molar-refractivity contribution in [1.29, 1.82) is 0 Å². The fourth-order valence-corrected chi connectivity index (χ4v) is 2.79. The Bertz CT molecular complexity index is 492. The van der Waals surface area contributed by atoms with E-state index in [1.165, 1.54) is 11.3 Å². The standard InChI is InChI=1S/C9H7ClN2OS2/c1-5-3-11-8(15-5)9-12-6(4-14-9)7(13)2-10/h3-4H,2H2,1H3. The molecule has 0 saturated heterocycles. The highest BCUT2D eigenvalue weighted by Crippen LogP contribution is 2.27. The Morgan fingerprint density at radius 3 is 2.93 bits per heavy atom. The molecule has 2 heterocycles. The lowest BCUT2D eigenvalue weighted by molar-refractivity contribution is 0.101. The van der Waals surface area contributed by atoms with Crippen molar-refractivity contribution < 1.29 is 4.79 Å². The molecule has 2 rings (SSSR count). The number of Topliss-reactive ketones (excluding diaryl/α,β-unsaturated/α-hetero) is 1. The molecule has 2 aromatic heterocycles. The van der Waals surface area contributed by atoms with Gasteiger partial charge in [0.05, 0.1) is 5.88 Å². The quantitative estimate of drug-likeness (QED) is 0.628. The van der Waals surface area contributed by atoms with Crippen molar-refractivity contribution in [1.82, 2.24) is 9.97 Å². The smallest absolute Gasteiger partial charge is 0.196 e. The number of carbonyl (C=O) groups excluding carboxylic acids is 1. The second kappa shape index (κ2) is 4.38. The van der Waals surface area contributed by atoms with Crippen LogP contribution in [0.5, 0.6) is 0 Å². The van der Waals surface area contributed by atoms with Crippen LogP contribution < -0.4 is 0 Å². The molecule has 0 aromatic carbocycles. The summed E-state index contributed by atoms with van der Waals surface area (Å²) in [5.41, 5.74) is 0.429. The number of alkyl halides is 1. The van der Waals surface area contributed by atoms with Crippen LogP contribution in [0.15, 0.2) is 11.6 Å². The SMILES string of the molecule is Cc1cnc(-c2nc(C(=O)CCl)cs2)s1. The minimum absolute atomic E-state index is 0.0277. The molecule has 2 aromatic rings. The van der Waals surface area contributed by atoms with Crippen LogP contribution in [0.4, 0.5) is 0 Å². The Balaban J connectivity index is 2.31. The fraction of sp³-hybridized carbons (Fsp3) is 0.222. The molecule has 0 amide bonds. The van der Waals surface area contributed by atoms with Crippen molar-refractivity contribution in [2.75, 3.05) is 5.88 Å². The summed E-state index contributed by atoms with van der Waals surface area (Å²) >= 11 is 8.43. The van der Waals surface area contributed by atoms with Gasteiger partial charge in [-0.25, -0.2) is 9.97 Å². The molecule has 0 fully saturated rings. The highest BCUT2D eigenvalue weighted by atomic mass is 35.5. The molecule has 0 aliphatic heterocycles. The van der Waals surface area contributed by atoms with E-state index >= 15 is 0 Å². The summed E-state index contributed by atoms with van der Waals surface area (Å²) in [5.74, 6) is -0.174. The molecule has 0 N–H and O–H groups in total. The highest BCUT2D eigenvalue weighted by molar-refractivity contribution is 7.20. The van der Waals surface area contributed by atoms with E-state index in [2.05, 4.69) is 9.97 Å². The maximum absolute atomic E-state index is 11.3. The molecule has 78 valence electrons. The van der Waals surface area contributed by atoms with Crippen LogP contribution in [0, 0.1) is 6.92 Å². The summed E-state index contributed by atoms with van der Waals surface area (Å²) in [6.07, 6.45) is 1.80. The van der Waals surface area contributed by atoms with Crippen LogP contribution in [0.2, 0.25) is 0 Å². The lowest BCUT2D eigenvalue weighted by Gasteiger charge is -1.87. The maximum Gasteiger partial charge on any atom is 0.196 e. The minimum Gasteiger partial charge on any atom is -0.291 e. The van der Waals surface area contributed by atoms with Crippen LogP contribution in [0.1, 0.15) is 15.4 Å². The Morgan fingerprint density at radius 1 is 1.53 bits per heavy atom. The van der Waals surface area contributed by atoms with Crippen molar-refractivity contribution in [2.24, 2.45) is 0 Å². The van der Waals surface area contributed by atoms with Crippen LogP contribution in [-0.2, 0) is 0 Å². The number of aryl methyl sites for hydroxylation is 1. The zero-order valence-electron chi connectivity index (χ0n) is 7.86. The third kappa shape index (κ3) is 2.25. The zero-order valence-corrected chi connectivity index (χ0v) is 10.2. The van der Waals surface area contributed by atoms with Crippen LogP contribution in [0.3, 0.4) is 0 Å². The number of hydrogen-bond donors (Lipinski definition) is 0. The van der Waals surface area contributed by atoms with Crippen molar-refractivity contribution >= 4 is 40.1 Å². The van der Waals surface area contributed by atoms with Crippen molar-refractivity contribution in [3.05, 3.63) is 22.1 Å². The van der Waals surface area contributed by atoms with Gasteiger partial charge in [-0.15, -0.1) is 34.3 Å². The van der Waals surface area contributed by atoms with E-state index in [1.54, 1.807) is 22.9 Å². The van der Waals surface area contributed by atoms with Gasteiger partial charge in [-0.3, -0.25) is 4.79 Å². The molecule has 3 nitrogen and oxygen atoms in total. The number of ketones is 1. The molecular weight excluding hydrogens is 252 g/mol. The second-order valence-corrected chi connectivity index (χ2v) is 5.23. The molecule has 0 bridgehead atoms. The van der Waals surface area contributed by atoms with Crippen LogP contribution >= 0.6 is 34.3 Å². The summed E-state index contributed by atoms with van der Waals surface area (Å²) in [7, 11) is 0. The van der Waals surface area contributed by atoms with Gasteiger partial charge in [0.2, 0.25) is 0 Å². The van der Waals surface area contributed by atoms with E-state index in [9.17, 15) is 4.79 Å². The van der Waals surface area contributed by atoms with Gasteiger partial charge in [-0.05, 0) is 6.92 Å². The molecule has 0 spiro atoms. The van der Waals surface area contributed by atoms with Gasteiger partial charge in [0.15, 0.2) is 15.8 Å². The molecule has 0 radical (unpaired) electrons. The molecule has 0 aliphatic rings. The fourth-order valence-electron chi connectivity index (χ4n) is 1.02. The largest absolute Gasteiger partial charge is 0.291 e. The summed E-state index contributed by atoms with van der Waals surface area (Å²) in [5, 5.41) is 3.35. The van der Waals surface area contributed by atoms with E-state index in [1.807, 2.05) is 6.92 Å². The van der Waals surface area contributed by atoms with Crippen molar-refractivity contribution in [3.63, 3.8) is 0 Å². The molecule has 0 unspecified atom stereocenters. The highest BCUT2D eigenvalue weighted by Gasteiger charge is 2.12. The summed E-state index contributed by atoms with van der Waals surface area (Å²) in [6, 6.07) is 0. The molecule has 15 heavy (non-hydrogen) atoms. The monoisotopic (exact) mass is 258 g/mol. The predicted molar refractivity (Wildman–Crippen MR) is 63.0 cm³/mol. The van der Waals surface area contributed by atoms with E-state index in [4.69, 9.17) is 11.6 Å². The Kier molecular flexibility index (Phi) is 3.14. The van der Waals surface area contributed by atoms with E-state index in [0.717, 1.165) is 14.9 Å². The second-order valence-electron chi connectivity index (χ2n) is 2.87. The van der Waals surface area contributed by atoms with Gasteiger partial charge < -0.3 is 0 Å². The van der Waals surface area contributed by atoms with Gasteiger partial charge in [-0.2, -0.15) is 0 Å². The number of thiazole rings is 2.